The smallest absolute Gasteiger partial charge is 0.145 e. The van der Waals surface area contributed by atoms with Crippen molar-refractivity contribution in [2.24, 2.45) is 0 Å². The number of para-hydroxylation sites is 1. The fourth-order valence-corrected chi connectivity index (χ4v) is 8.75. The third-order valence-corrected chi connectivity index (χ3v) is 10.8. The molecule has 3 heteroatoms. The van der Waals surface area contributed by atoms with E-state index in [1.54, 1.807) is 0 Å². The van der Waals surface area contributed by atoms with Gasteiger partial charge >= 0.3 is 0 Å². The van der Waals surface area contributed by atoms with Gasteiger partial charge in [-0.25, -0.2) is 0 Å². The van der Waals surface area contributed by atoms with Crippen LogP contribution in [-0.2, 0) is 5.41 Å². The van der Waals surface area contributed by atoms with Crippen LogP contribution in [0.5, 0.6) is 0 Å². The van der Waals surface area contributed by atoms with E-state index in [9.17, 15) is 0 Å². The van der Waals surface area contributed by atoms with E-state index in [-0.39, 0.29) is 5.41 Å². The van der Waals surface area contributed by atoms with Crippen molar-refractivity contribution in [3.8, 4) is 16.8 Å². The number of fused-ring (bicyclic) bond motifs is 14. The van der Waals surface area contributed by atoms with E-state index in [1.165, 1.54) is 80.7 Å². The number of thiophene rings is 1. The molecular weight excluding hydrogens is 531 g/mol. The molecule has 0 saturated carbocycles. The molecule has 42 heavy (non-hydrogen) atoms. The largest absolute Gasteiger partial charge is 0.455 e. The summed E-state index contributed by atoms with van der Waals surface area (Å²) in [5.74, 6) is 0. The van der Waals surface area contributed by atoms with Crippen LogP contribution in [0.3, 0.4) is 0 Å². The van der Waals surface area contributed by atoms with Gasteiger partial charge in [-0.15, -0.1) is 11.3 Å². The lowest BCUT2D eigenvalue weighted by Crippen LogP contribution is -2.14. The summed E-state index contributed by atoms with van der Waals surface area (Å²) in [6.07, 6.45) is 0. The molecule has 1 aliphatic rings. The average molecular weight is 556 g/mol. The summed E-state index contributed by atoms with van der Waals surface area (Å²) in [4.78, 5) is 0. The number of furan rings is 1. The van der Waals surface area contributed by atoms with Gasteiger partial charge in [-0.1, -0.05) is 86.6 Å². The third kappa shape index (κ3) is 2.70. The Morgan fingerprint density at radius 2 is 1.31 bits per heavy atom. The zero-order valence-corrected chi connectivity index (χ0v) is 24.0. The summed E-state index contributed by atoms with van der Waals surface area (Å²) in [5, 5.41) is 7.36. The second-order valence-electron chi connectivity index (χ2n) is 12.1. The van der Waals surface area contributed by atoms with Crippen molar-refractivity contribution < 1.29 is 4.42 Å². The van der Waals surface area contributed by atoms with Crippen molar-refractivity contribution >= 4 is 75.3 Å². The predicted molar refractivity (Wildman–Crippen MR) is 179 cm³/mol. The van der Waals surface area contributed by atoms with E-state index in [1.807, 2.05) is 11.3 Å². The minimum atomic E-state index is -0.0606. The van der Waals surface area contributed by atoms with Crippen LogP contribution in [0.2, 0.25) is 0 Å². The minimum Gasteiger partial charge on any atom is -0.455 e. The molecule has 0 bridgehead atoms. The molecule has 198 valence electrons. The molecule has 0 atom stereocenters. The van der Waals surface area contributed by atoms with Crippen molar-refractivity contribution in [1.82, 2.24) is 4.57 Å². The predicted octanol–water partition coefficient (Wildman–Crippen LogP) is 11.4. The van der Waals surface area contributed by atoms with Gasteiger partial charge in [-0.05, 0) is 59.2 Å². The summed E-state index contributed by atoms with van der Waals surface area (Å²) < 4.78 is 12.1. The highest BCUT2D eigenvalue weighted by Crippen LogP contribution is 2.53. The Balaban J connectivity index is 1.32. The molecule has 0 N–H and O–H groups in total. The van der Waals surface area contributed by atoms with Gasteiger partial charge in [-0.3, -0.25) is 0 Å². The number of nitrogens with zero attached hydrogens (tertiary/aromatic N) is 1. The maximum absolute atomic E-state index is 7.02. The maximum Gasteiger partial charge on any atom is 0.145 e. The monoisotopic (exact) mass is 555 g/mol. The highest BCUT2D eigenvalue weighted by molar-refractivity contribution is 7.25. The Bertz CT molecular complexity index is 2610. The first kappa shape index (κ1) is 22.8. The molecule has 0 aliphatic heterocycles. The number of rotatable bonds is 1. The zero-order valence-electron chi connectivity index (χ0n) is 23.2. The summed E-state index contributed by atoms with van der Waals surface area (Å²) in [6.45, 7) is 4.65. The van der Waals surface area contributed by atoms with Crippen molar-refractivity contribution in [2.45, 2.75) is 19.3 Å². The van der Waals surface area contributed by atoms with Crippen molar-refractivity contribution in [3.05, 3.63) is 126 Å². The van der Waals surface area contributed by atoms with Crippen molar-refractivity contribution in [1.29, 1.82) is 0 Å². The van der Waals surface area contributed by atoms with E-state index >= 15 is 0 Å². The van der Waals surface area contributed by atoms with Crippen LogP contribution in [0.4, 0.5) is 0 Å². The van der Waals surface area contributed by atoms with Crippen LogP contribution in [0.25, 0.3) is 80.7 Å². The first-order chi connectivity index (χ1) is 20.6. The highest BCUT2D eigenvalue weighted by Gasteiger charge is 2.37. The van der Waals surface area contributed by atoms with E-state index in [2.05, 4.69) is 134 Å². The molecule has 0 unspecified atom stereocenters. The SMILES string of the molecule is CC1(C)c2ccccc2-c2c1ccc1c2oc2c1ccc1c2c2ccccc2n1-c1ccc2sc3ccccc3c2c1. The third-order valence-electron chi connectivity index (χ3n) is 9.60. The van der Waals surface area contributed by atoms with Gasteiger partial charge in [0.25, 0.3) is 0 Å². The summed E-state index contributed by atoms with van der Waals surface area (Å²) in [5.41, 5.74) is 10.7. The van der Waals surface area contributed by atoms with Crippen molar-refractivity contribution in [3.63, 3.8) is 0 Å². The molecule has 2 nitrogen and oxygen atoms in total. The minimum absolute atomic E-state index is 0.0606. The summed E-state index contributed by atoms with van der Waals surface area (Å²) in [7, 11) is 0. The van der Waals surface area contributed by atoms with Gasteiger partial charge in [0.05, 0.1) is 16.4 Å². The van der Waals surface area contributed by atoms with Crippen LogP contribution in [-0.4, -0.2) is 4.57 Å². The molecule has 0 spiro atoms. The second-order valence-corrected chi connectivity index (χ2v) is 13.2. The van der Waals surface area contributed by atoms with Gasteiger partial charge in [0.2, 0.25) is 0 Å². The van der Waals surface area contributed by atoms with E-state index in [0.29, 0.717) is 0 Å². The molecule has 9 aromatic rings. The van der Waals surface area contributed by atoms with E-state index < -0.39 is 0 Å². The normalized spacial score (nSPS) is 14.1. The van der Waals surface area contributed by atoms with Crippen LogP contribution in [0.15, 0.2) is 120 Å². The van der Waals surface area contributed by atoms with Gasteiger partial charge in [-0.2, -0.15) is 0 Å². The molecule has 0 fully saturated rings. The fourth-order valence-electron chi connectivity index (χ4n) is 7.66. The van der Waals surface area contributed by atoms with Crippen LogP contribution >= 0.6 is 11.3 Å². The van der Waals surface area contributed by atoms with Gasteiger partial charge in [0.1, 0.15) is 11.2 Å². The van der Waals surface area contributed by atoms with E-state index in [0.717, 1.165) is 11.2 Å². The maximum atomic E-state index is 7.02. The Morgan fingerprint density at radius 3 is 2.24 bits per heavy atom. The Labute approximate surface area is 246 Å². The molecule has 0 amide bonds. The molecule has 0 radical (unpaired) electrons. The summed E-state index contributed by atoms with van der Waals surface area (Å²) in [6, 6.07) is 42.3. The number of aromatic nitrogens is 1. The molecule has 0 saturated heterocycles. The quantitative estimate of drug-likeness (QED) is 0.197. The lowest BCUT2D eigenvalue weighted by molar-refractivity contribution is 0.654. The molecule has 10 rings (SSSR count). The summed E-state index contributed by atoms with van der Waals surface area (Å²) >= 11 is 1.86. The zero-order chi connectivity index (χ0) is 27.7. The van der Waals surface area contributed by atoms with Gasteiger partial charge < -0.3 is 8.98 Å². The topological polar surface area (TPSA) is 18.1 Å². The van der Waals surface area contributed by atoms with Crippen LogP contribution in [0.1, 0.15) is 25.0 Å². The lowest BCUT2D eigenvalue weighted by Gasteiger charge is -2.21. The van der Waals surface area contributed by atoms with E-state index in [4.69, 9.17) is 4.42 Å². The highest BCUT2D eigenvalue weighted by atomic mass is 32.1. The van der Waals surface area contributed by atoms with Crippen molar-refractivity contribution in [2.75, 3.05) is 0 Å². The molecular formula is C39H25NOS. The fraction of sp³-hybridized carbons (Fsp3) is 0.0769. The molecule has 6 aromatic carbocycles. The van der Waals surface area contributed by atoms with Gasteiger partial charge in [0, 0.05) is 53.0 Å². The average Bonchev–Trinajstić information content (AvgIpc) is 3.74. The molecule has 1 aliphatic carbocycles. The lowest BCUT2D eigenvalue weighted by atomic mass is 9.82. The first-order valence-electron chi connectivity index (χ1n) is 14.5. The second kappa shape index (κ2) is 7.70. The number of benzene rings is 6. The standard InChI is InChI=1S/C39H25NOS/c1-39(2)29-12-6-3-10-26(29)35-30(39)18-16-24-25-17-19-32-36(38(25)41-37(24)35)27-11-4-7-13-31(27)40(32)22-15-20-34-28(21-22)23-9-5-8-14-33(23)42-34/h3-21H,1-2H3. The molecule has 3 heterocycles. The first-order valence-corrected chi connectivity index (χ1v) is 15.3. The number of hydrogen-bond acceptors (Lipinski definition) is 2. The molecule has 3 aromatic heterocycles. The Kier molecular flexibility index (Phi) is 4.18. The Hall–Kier alpha value is -4.86. The number of hydrogen-bond donors (Lipinski definition) is 0. The van der Waals surface area contributed by atoms with Gasteiger partial charge in [0.15, 0.2) is 0 Å². The van der Waals surface area contributed by atoms with Crippen LogP contribution < -0.4 is 0 Å². The Morgan fingerprint density at radius 1 is 0.571 bits per heavy atom. The van der Waals surface area contributed by atoms with Crippen LogP contribution in [0, 0.1) is 0 Å².